The lowest BCUT2D eigenvalue weighted by molar-refractivity contribution is 0.628. The summed E-state index contributed by atoms with van der Waals surface area (Å²) in [6, 6.07) is 5.61. The Kier molecular flexibility index (Phi) is 2.67. The summed E-state index contributed by atoms with van der Waals surface area (Å²) in [7, 11) is 0. The molecule has 1 aliphatic carbocycles. The third kappa shape index (κ3) is 2.29. The molecule has 1 N–H and O–H groups in total. The van der Waals surface area contributed by atoms with Crippen LogP contribution in [0.4, 0.5) is 4.39 Å². The lowest BCUT2D eigenvalue weighted by atomic mass is 10.2. The highest BCUT2D eigenvalue weighted by Crippen LogP contribution is 2.38. The van der Waals surface area contributed by atoms with Crippen molar-refractivity contribution in [2.45, 2.75) is 18.8 Å². The zero-order valence-corrected chi connectivity index (χ0v) is 10.2. The van der Waals surface area contributed by atoms with Crippen LogP contribution in [-0.4, -0.2) is 9.97 Å². The first kappa shape index (κ1) is 11.4. The summed E-state index contributed by atoms with van der Waals surface area (Å²) in [5.41, 5.74) is 1.04. The van der Waals surface area contributed by atoms with Gasteiger partial charge in [0.25, 0.3) is 5.56 Å². The van der Waals surface area contributed by atoms with Crippen molar-refractivity contribution in [3.8, 4) is 11.4 Å². The number of aromatic nitrogens is 2. The zero-order valence-electron chi connectivity index (χ0n) is 9.41. The molecule has 0 unspecified atom stereocenters. The van der Waals surface area contributed by atoms with Crippen LogP contribution in [0.2, 0.25) is 5.02 Å². The zero-order chi connectivity index (χ0) is 12.7. The summed E-state index contributed by atoms with van der Waals surface area (Å²) in [6.45, 7) is 0. The van der Waals surface area contributed by atoms with Crippen LogP contribution >= 0.6 is 11.6 Å². The average molecular weight is 265 g/mol. The van der Waals surface area contributed by atoms with E-state index < -0.39 is 5.82 Å². The van der Waals surface area contributed by atoms with Gasteiger partial charge in [0, 0.05) is 22.6 Å². The fourth-order valence-electron chi connectivity index (χ4n) is 1.89. The predicted molar refractivity (Wildman–Crippen MR) is 67.2 cm³/mol. The topological polar surface area (TPSA) is 45.8 Å². The minimum absolute atomic E-state index is 0.220. The van der Waals surface area contributed by atoms with Crippen molar-refractivity contribution in [1.82, 2.24) is 9.97 Å². The van der Waals surface area contributed by atoms with E-state index in [1.54, 1.807) is 6.07 Å². The number of nitrogens with zero attached hydrogens (tertiary/aromatic N) is 1. The number of halogens is 2. The maximum absolute atomic E-state index is 13.3. The van der Waals surface area contributed by atoms with Gasteiger partial charge in [-0.25, -0.2) is 9.37 Å². The molecule has 0 bridgehead atoms. The molecule has 0 amide bonds. The highest BCUT2D eigenvalue weighted by Gasteiger charge is 2.26. The van der Waals surface area contributed by atoms with Crippen molar-refractivity contribution < 1.29 is 4.39 Å². The van der Waals surface area contributed by atoms with E-state index in [1.807, 2.05) is 0 Å². The van der Waals surface area contributed by atoms with Crippen molar-refractivity contribution >= 4 is 11.6 Å². The molecule has 1 heterocycles. The van der Waals surface area contributed by atoms with Gasteiger partial charge in [-0.3, -0.25) is 4.79 Å². The molecule has 0 radical (unpaired) electrons. The SMILES string of the molecule is O=c1cc(C2CC2)nc(-c2cc(F)cc(Cl)c2)[nH]1. The molecule has 0 atom stereocenters. The van der Waals surface area contributed by atoms with Gasteiger partial charge in [-0.15, -0.1) is 0 Å². The Labute approximate surface area is 108 Å². The number of hydrogen-bond acceptors (Lipinski definition) is 2. The number of rotatable bonds is 2. The Morgan fingerprint density at radius 3 is 2.72 bits per heavy atom. The van der Waals surface area contributed by atoms with E-state index in [-0.39, 0.29) is 10.6 Å². The maximum atomic E-state index is 13.3. The summed E-state index contributed by atoms with van der Waals surface area (Å²) in [6.07, 6.45) is 2.11. The van der Waals surface area contributed by atoms with Gasteiger partial charge in [0.15, 0.2) is 0 Å². The Morgan fingerprint density at radius 2 is 2.06 bits per heavy atom. The van der Waals surface area contributed by atoms with Gasteiger partial charge in [0.1, 0.15) is 11.6 Å². The van der Waals surface area contributed by atoms with Gasteiger partial charge >= 0.3 is 0 Å². The number of aromatic amines is 1. The second-order valence-electron chi connectivity index (χ2n) is 4.45. The van der Waals surface area contributed by atoms with Gasteiger partial charge in [-0.2, -0.15) is 0 Å². The van der Waals surface area contributed by atoms with Gasteiger partial charge in [-0.1, -0.05) is 11.6 Å². The van der Waals surface area contributed by atoms with E-state index in [4.69, 9.17) is 11.6 Å². The van der Waals surface area contributed by atoms with Crippen LogP contribution < -0.4 is 5.56 Å². The van der Waals surface area contributed by atoms with E-state index in [2.05, 4.69) is 9.97 Å². The van der Waals surface area contributed by atoms with Crippen LogP contribution in [0.25, 0.3) is 11.4 Å². The third-order valence-electron chi connectivity index (χ3n) is 2.89. The molecule has 3 rings (SSSR count). The second-order valence-corrected chi connectivity index (χ2v) is 4.89. The van der Waals surface area contributed by atoms with E-state index in [0.717, 1.165) is 18.5 Å². The first-order chi connectivity index (χ1) is 8.61. The van der Waals surface area contributed by atoms with Gasteiger partial charge in [-0.05, 0) is 31.0 Å². The van der Waals surface area contributed by atoms with Crippen LogP contribution in [0.1, 0.15) is 24.5 Å². The van der Waals surface area contributed by atoms with E-state index in [9.17, 15) is 9.18 Å². The fraction of sp³-hybridized carbons (Fsp3) is 0.231. The molecule has 1 fully saturated rings. The van der Waals surface area contributed by atoms with Gasteiger partial charge in [0.2, 0.25) is 0 Å². The first-order valence-corrected chi connectivity index (χ1v) is 6.07. The van der Waals surface area contributed by atoms with Crippen molar-refractivity contribution in [1.29, 1.82) is 0 Å². The lowest BCUT2D eigenvalue weighted by Gasteiger charge is -2.04. The van der Waals surface area contributed by atoms with Crippen LogP contribution in [0, 0.1) is 5.82 Å². The quantitative estimate of drug-likeness (QED) is 0.906. The van der Waals surface area contributed by atoms with Crippen molar-refractivity contribution in [3.63, 3.8) is 0 Å². The molecule has 0 saturated heterocycles. The summed E-state index contributed by atoms with van der Waals surface area (Å²) in [5, 5.41) is 0.282. The molecule has 3 nitrogen and oxygen atoms in total. The van der Waals surface area contributed by atoms with Crippen molar-refractivity contribution in [2.24, 2.45) is 0 Å². The largest absolute Gasteiger partial charge is 0.307 e. The molecule has 0 spiro atoms. The minimum Gasteiger partial charge on any atom is -0.307 e. The van der Waals surface area contributed by atoms with E-state index >= 15 is 0 Å². The maximum Gasteiger partial charge on any atom is 0.251 e. The normalized spacial score (nSPS) is 14.8. The summed E-state index contributed by atoms with van der Waals surface area (Å²) in [4.78, 5) is 18.5. The second kappa shape index (κ2) is 4.21. The lowest BCUT2D eigenvalue weighted by Crippen LogP contribution is -2.10. The molecule has 1 aromatic carbocycles. The first-order valence-electron chi connectivity index (χ1n) is 5.69. The summed E-state index contributed by atoms with van der Waals surface area (Å²) < 4.78 is 13.3. The smallest absolute Gasteiger partial charge is 0.251 e. The Balaban J connectivity index is 2.12. The van der Waals surface area contributed by atoms with Gasteiger partial charge in [0.05, 0.1) is 5.69 Å². The number of H-pyrrole nitrogens is 1. The Hall–Kier alpha value is -1.68. The van der Waals surface area contributed by atoms with Crippen LogP contribution in [0.3, 0.4) is 0 Å². The van der Waals surface area contributed by atoms with E-state index in [0.29, 0.717) is 17.3 Å². The standard InChI is InChI=1S/C13H10ClFN2O/c14-9-3-8(4-10(15)5-9)13-16-11(7-1-2-7)6-12(18)17-13/h3-7H,1-2H2,(H,16,17,18). The highest BCUT2D eigenvalue weighted by atomic mass is 35.5. The molecule has 92 valence electrons. The molecule has 1 aliphatic rings. The predicted octanol–water partition coefficient (Wildman–Crippen LogP) is 3.11. The Morgan fingerprint density at radius 1 is 1.28 bits per heavy atom. The monoisotopic (exact) mass is 264 g/mol. The molecule has 18 heavy (non-hydrogen) atoms. The van der Waals surface area contributed by atoms with Gasteiger partial charge < -0.3 is 4.98 Å². The highest BCUT2D eigenvalue weighted by molar-refractivity contribution is 6.30. The molecular weight excluding hydrogens is 255 g/mol. The summed E-state index contributed by atoms with van der Waals surface area (Å²) in [5.74, 6) is 0.290. The molecular formula is C13H10ClFN2O. The third-order valence-corrected chi connectivity index (χ3v) is 3.11. The molecule has 2 aromatic rings. The molecule has 0 aliphatic heterocycles. The molecule has 5 heteroatoms. The van der Waals surface area contributed by atoms with Crippen molar-refractivity contribution in [3.05, 3.63) is 51.2 Å². The number of benzene rings is 1. The summed E-state index contributed by atoms with van der Waals surface area (Å²) >= 11 is 5.79. The van der Waals surface area contributed by atoms with Crippen molar-refractivity contribution in [2.75, 3.05) is 0 Å². The molecule has 1 aromatic heterocycles. The minimum atomic E-state index is -0.447. The fourth-order valence-corrected chi connectivity index (χ4v) is 2.11. The number of hydrogen-bond donors (Lipinski definition) is 1. The van der Waals surface area contributed by atoms with Crippen LogP contribution in [-0.2, 0) is 0 Å². The van der Waals surface area contributed by atoms with E-state index in [1.165, 1.54) is 18.2 Å². The average Bonchev–Trinajstić information content (AvgIpc) is 3.10. The molecule has 1 saturated carbocycles. The van der Waals surface area contributed by atoms with Crippen LogP contribution in [0.15, 0.2) is 29.1 Å². The Bertz CT molecular complexity index is 644. The van der Waals surface area contributed by atoms with Crippen LogP contribution in [0.5, 0.6) is 0 Å². The number of nitrogens with one attached hydrogen (secondary N) is 1.